The Morgan fingerprint density at radius 3 is 2.64 bits per heavy atom. The van der Waals surface area contributed by atoms with Crippen molar-refractivity contribution < 1.29 is 13.8 Å². The maximum absolute atomic E-state index is 12.9. The Morgan fingerprint density at radius 1 is 1.27 bits per heavy atom. The van der Waals surface area contributed by atoms with Crippen molar-refractivity contribution >= 4 is 5.91 Å². The van der Waals surface area contributed by atoms with Crippen molar-refractivity contribution in [2.75, 3.05) is 6.54 Å². The standard InChI is InChI=1S/C15H20N4O3/c1-8(13-9(2)17-21-10(13)3)15(20)19-7-5-6-12(19)14-16-11(4)22-18-14/h8,12H,5-7H2,1-4H3. The first kappa shape index (κ1) is 14.7. The van der Waals surface area contributed by atoms with Gasteiger partial charge in [-0.15, -0.1) is 0 Å². The van der Waals surface area contributed by atoms with Gasteiger partial charge in [-0.25, -0.2) is 0 Å². The van der Waals surface area contributed by atoms with Crippen LogP contribution < -0.4 is 0 Å². The Hall–Kier alpha value is -2.18. The molecule has 1 aliphatic heterocycles. The molecule has 118 valence electrons. The zero-order valence-electron chi connectivity index (χ0n) is 13.3. The van der Waals surface area contributed by atoms with Crippen molar-refractivity contribution in [1.82, 2.24) is 20.2 Å². The number of aromatic nitrogens is 3. The third-order valence-corrected chi connectivity index (χ3v) is 4.27. The van der Waals surface area contributed by atoms with Gasteiger partial charge in [-0.05, 0) is 33.6 Å². The first-order chi connectivity index (χ1) is 10.5. The summed E-state index contributed by atoms with van der Waals surface area (Å²) in [4.78, 5) is 19.0. The van der Waals surface area contributed by atoms with Crippen LogP contribution in [0.4, 0.5) is 0 Å². The Balaban J connectivity index is 1.84. The van der Waals surface area contributed by atoms with Gasteiger partial charge in [0.2, 0.25) is 11.8 Å². The lowest BCUT2D eigenvalue weighted by atomic mass is 9.97. The van der Waals surface area contributed by atoms with Crippen LogP contribution >= 0.6 is 0 Å². The largest absolute Gasteiger partial charge is 0.361 e. The maximum atomic E-state index is 12.9. The summed E-state index contributed by atoms with van der Waals surface area (Å²) in [5, 5.41) is 7.92. The predicted molar refractivity (Wildman–Crippen MR) is 77.1 cm³/mol. The molecule has 2 aromatic rings. The molecular weight excluding hydrogens is 284 g/mol. The van der Waals surface area contributed by atoms with Crippen molar-refractivity contribution in [2.24, 2.45) is 0 Å². The molecule has 0 aliphatic carbocycles. The fourth-order valence-electron chi connectivity index (χ4n) is 3.23. The van der Waals surface area contributed by atoms with E-state index in [0.717, 1.165) is 24.1 Å². The highest BCUT2D eigenvalue weighted by molar-refractivity contribution is 5.84. The number of aryl methyl sites for hydroxylation is 3. The molecule has 0 N–H and O–H groups in total. The lowest BCUT2D eigenvalue weighted by molar-refractivity contribution is -0.133. The van der Waals surface area contributed by atoms with Crippen LogP contribution in [0, 0.1) is 20.8 Å². The minimum Gasteiger partial charge on any atom is -0.361 e. The van der Waals surface area contributed by atoms with E-state index in [2.05, 4.69) is 15.3 Å². The molecule has 1 amide bonds. The normalized spacial score (nSPS) is 19.6. The molecule has 0 spiro atoms. The van der Waals surface area contributed by atoms with E-state index in [4.69, 9.17) is 9.05 Å². The molecule has 1 aliphatic rings. The second-order valence-electron chi connectivity index (χ2n) is 5.82. The summed E-state index contributed by atoms with van der Waals surface area (Å²) < 4.78 is 10.2. The summed E-state index contributed by atoms with van der Waals surface area (Å²) in [5.74, 6) is 1.58. The molecule has 0 radical (unpaired) electrons. The molecule has 3 rings (SSSR count). The molecule has 2 atom stereocenters. The lowest BCUT2D eigenvalue weighted by Crippen LogP contribution is -2.34. The van der Waals surface area contributed by atoms with Crippen molar-refractivity contribution in [3.05, 3.63) is 28.7 Å². The highest BCUT2D eigenvalue weighted by Gasteiger charge is 2.36. The Bertz CT molecular complexity index is 671. The highest BCUT2D eigenvalue weighted by atomic mass is 16.5. The predicted octanol–water partition coefficient (Wildman–Crippen LogP) is 2.45. The van der Waals surface area contributed by atoms with E-state index >= 15 is 0 Å². The first-order valence-corrected chi connectivity index (χ1v) is 7.52. The molecule has 2 aromatic heterocycles. The van der Waals surface area contributed by atoms with Crippen molar-refractivity contribution in [3.63, 3.8) is 0 Å². The van der Waals surface area contributed by atoms with Crippen LogP contribution in [0.3, 0.4) is 0 Å². The molecule has 2 unspecified atom stereocenters. The summed E-state index contributed by atoms with van der Waals surface area (Å²) in [5.41, 5.74) is 1.64. The molecule has 22 heavy (non-hydrogen) atoms. The fraction of sp³-hybridized carbons (Fsp3) is 0.600. The Morgan fingerprint density at radius 2 is 2.05 bits per heavy atom. The van der Waals surface area contributed by atoms with E-state index in [1.807, 2.05) is 25.7 Å². The van der Waals surface area contributed by atoms with Crippen LogP contribution in [0.25, 0.3) is 0 Å². The smallest absolute Gasteiger partial charge is 0.230 e. The van der Waals surface area contributed by atoms with E-state index in [9.17, 15) is 4.79 Å². The summed E-state index contributed by atoms with van der Waals surface area (Å²) in [7, 11) is 0. The third-order valence-electron chi connectivity index (χ3n) is 4.27. The summed E-state index contributed by atoms with van der Waals surface area (Å²) in [6, 6.07) is -0.104. The van der Waals surface area contributed by atoms with Crippen LogP contribution in [0.15, 0.2) is 9.05 Å². The highest BCUT2D eigenvalue weighted by Crippen LogP contribution is 2.34. The topological polar surface area (TPSA) is 85.3 Å². The number of carbonyl (C=O) groups excluding carboxylic acids is 1. The van der Waals surface area contributed by atoms with Gasteiger partial charge in [-0.2, -0.15) is 4.98 Å². The number of likely N-dealkylation sites (tertiary alicyclic amines) is 1. The molecule has 3 heterocycles. The minimum atomic E-state index is -0.292. The molecule has 1 saturated heterocycles. The van der Waals surface area contributed by atoms with Crippen molar-refractivity contribution in [2.45, 2.75) is 52.5 Å². The zero-order chi connectivity index (χ0) is 15.9. The van der Waals surface area contributed by atoms with E-state index in [-0.39, 0.29) is 17.9 Å². The van der Waals surface area contributed by atoms with Gasteiger partial charge in [0.05, 0.1) is 17.7 Å². The Labute approximate surface area is 128 Å². The molecule has 0 saturated carbocycles. The van der Waals surface area contributed by atoms with Crippen LogP contribution in [0.1, 0.15) is 60.5 Å². The molecule has 7 nitrogen and oxygen atoms in total. The second kappa shape index (κ2) is 5.55. The van der Waals surface area contributed by atoms with Crippen LogP contribution in [0.2, 0.25) is 0 Å². The first-order valence-electron chi connectivity index (χ1n) is 7.52. The van der Waals surface area contributed by atoms with Gasteiger partial charge in [0.25, 0.3) is 0 Å². The van der Waals surface area contributed by atoms with Gasteiger partial charge >= 0.3 is 0 Å². The van der Waals surface area contributed by atoms with Gasteiger partial charge in [0, 0.05) is 19.0 Å². The number of rotatable bonds is 3. The van der Waals surface area contributed by atoms with E-state index < -0.39 is 0 Å². The average Bonchev–Trinajstić information content (AvgIpc) is 3.18. The zero-order valence-corrected chi connectivity index (χ0v) is 13.3. The van der Waals surface area contributed by atoms with Crippen LogP contribution in [0.5, 0.6) is 0 Å². The summed E-state index contributed by atoms with van der Waals surface area (Å²) >= 11 is 0. The van der Waals surface area contributed by atoms with Crippen molar-refractivity contribution in [3.8, 4) is 0 Å². The SMILES string of the molecule is Cc1nc(C2CCCN2C(=O)C(C)c2c(C)noc2C)no1. The minimum absolute atomic E-state index is 0.0550. The summed E-state index contributed by atoms with van der Waals surface area (Å²) in [6.45, 7) is 8.06. The molecule has 7 heteroatoms. The number of hydrogen-bond donors (Lipinski definition) is 0. The lowest BCUT2D eigenvalue weighted by Gasteiger charge is -2.25. The van der Waals surface area contributed by atoms with Crippen LogP contribution in [-0.4, -0.2) is 32.6 Å². The molecule has 1 fully saturated rings. The average molecular weight is 304 g/mol. The van der Waals surface area contributed by atoms with Gasteiger partial charge in [0.15, 0.2) is 5.82 Å². The van der Waals surface area contributed by atoms with Gasteiger partial charge in [-0.3, -0.25) is 4.79 Å². The van der Waals surface area contributed by atoms with E-state index in [1.165, 1.54) is 0 Å². The van der Waals surface area contributed by atoms with Gasteiger partial charge in [-0.1, -0.05) is 10.3 Å². The number of hydrogen-bond acceptors (Lipinski definition) is 6. The summed E-state index contributed by atoms with van der Waals surface area (Å²) in [6.07, 6.45) is 1.80. The molecule has 0 aromatic carbocycles. The molecular formula is C15H20N4O3. The van der Waals surface area contributed by atoms with Crippen LogP contribution in [-0.2, 0) is 4.79 Å². The maximum Gasteiger partial charge on any atom is 0.230 e. The van der Waals surface area contributed by atoms with E-state index in [1.54, 1.807) is 6.92 Å². The van der Waals surface area contributed by atoms with E-state index in [0.29, 0.717) is 24.0 Å². The number of amides is 1. The second-order valence-corrected chi connectivity index (χ2v) is 5.82. The Kier molecular flexibility index (Phi) is 3.72. The molecule has 0 bridgehead atoms. The third kappa shape index (κ3) is 2.40. The fourth-order valence-corrected chi connectivity index (χ4v) is 3.23. The number of nitrogens with zero attached hydrogens (tertiary/aromatic N) is 4. The quantitative estimate of drug-likeness (QED) is 0.865. The van der Waals surface area contributed by atoms with Gasteiger partial charge in [0.1, 0.15) is 5.76 Å². The van der Waals surface area contributed by atoms with Gasteiger partial charge < -0.3 is 13.9 Å². The number of carbonyl (C=O) groups is 1. The van der Waals surface area contributed by atoms with Crippen molar-refractivity contribution in [1.29, 1.82) is 0 Å². The monoisotopic (exact) mass is 304 g/mol.